The van der Waals surface area contributed by atoms with E-state index < -0.39 is 0 Å². The van der Waals surface area contributed by atoms with Gasteiger partial charge in [0.05, 0.1) is 0 Å². The number of hydrogen-bond donors (Lipinski definition) is 3. The zero-order valence-corrected chi connectivity index (χ0v) is 13.3. The Kier molecular flexibility index (Phi) is 7.01. The molecule has 0 aliphatic heterocycles. The Balaban J connectivity index is 2.45. The molecule has 0 saturated carbocycles. The number of carbonyl (C=O) groups is 1. The number of nitrogen functional groups attached to an aromatic ring is 1. The summed E-state index contributed by atoms with van der Waals surface area (Å²) in [6.07, 6.45) is 4.18. The Morgan fingerprint density at radius 2 is 2.21 bits per heavy atom. The van der Waals surface area contributed by atoms with E-state index in [-0.39, 0.29) is 11.9 Å². The van der Waals surface area contributed by atoms with E-state index in [4.69, 9.17) is 5.73 Å². The third kappa shape index (κ3) is 5.69. The summed E-state index contributed by atoms with van der Waals surface area (Å²) in [5.74, 6) is 1.30. The van der Waals surface area contributed by atoms with Crippen LogP contribution >= 0.6 is 23.1 Å². The molecule has 19 heavy (non-hydrogen) atoms. The maximum absolute atomic E-state index is 11.9. The van der Waals surface area contributed by atoms with Crippen molar-refractivity contribution in [2.75, 3.05) is 29.6 Å². The Hall–Kier alpha value is -0.950. The SMILES string of the molecule is CSCCCCNC(=O)c1sc(NC(C)C)nc1N. The first-order chi connectivity index (χ1) is 9.04. The minimum atomic E-state index is -0.129. The summed E-state index contributed by atoms with van der Waals surface area (Å²) in [6, 6.07) is 0.271. The van der Waals surface area contributed by atoms with Gasteiger partial charge in [-0.15, -0.1) is 0 Å². The highest BCUT2D eigenvalue weighted by Crippen LogP contribution is 2.25. The molecule has 0 spiro atoms. The second kappa shape index (κ2) is 8.27. The van der Waals surface area contributed by atoms with Crippen LogP contribution in [-0.2, 0) is 0 Å². The van der Waals surface area contributed by atoms with Crippen LogP contribution in [0.15, 0.2) is 0 Å². The van der Waals surface area contributed by atoms with Crippen molar-refractivity contribution in [2.24, 2.45) is 0 Å². The van der Waals surface area contributed by atoms with Crippen LogP contribution in [0.1, 0.15) is 36.4 Å². The minimum Gasteiger partial charge on any atom is -0.382 e. The van der Waals surface area contributed by atoms with Gasteiger partial charge in [0, 0.05) is 12.6 Å². The van der Waals surface area contributed by atoms with Crippen molar-refractivity contribution in [3.63, 3.8) is 0 Å². The Morgan fingerprint density at radius 3 is 2.84 bits per heavy atom. The van der Waals surface area contributed by atoms with Crippen molar-refractivity contribution < 1.29 is 4.79 Å². The monoisotopic (exact) mass is 302 g/mol. The predicted molar refractivity (Wildman–Crippen MR) is 85.2 cm³/mol. The molecule has 1 aromatic heterocycles. The number of aromatic nitrogens is 1. The van der Waals surface area contributed by atoms with Crippen molar-refractivity contribution in [2.45, 2.75) is 32.7 Å². The molecule has 0 fully saturated rings. The van der Waals surface area contributed by atoms with Crippen molar-refractivity contribution in [1.29, 1.82) is 0 Å². The number of thioether (sulfide) groups is 1. The van der Waals surface area contributed by atoms with Crippen LogP contribution in [0.5, 0.6) is 0 Å². The topological polar surface area (TPSA) is 80.0 Å². The maximum Gasteiger partial charge on any atom is 0.265 e. The number of anilines is 2. The second-order valence-electron chi connectivity index (χ2n) is 4.49. The number of rotatable bonds is 8. The van der Waals surface area contributed by atoms with Crippen LogP contribution < -0.4 is 16.4 Å². The Morgan fingerprint density at radius 1 is 1.47 bits per heavy atom. The molecule has 0 aromatic carbocycles. The summed E-state index contributed by atoms with van der Waals surface area (Å²) in [5.41, 5.74) is 5.77. The first kappa shape index (κ1) is 16.1. The zero-order valence-electron chi connectivity index (χ0n) is 11.7. The molecule has 108 valence electrons. The van der Waals surface area contributed by atoms with Crippen LogP contribution in [0.4, 0.5) is 10.9 Å². The molecule has 1 heterocycles. The fraction of sp³-hybridized carbons (Fsp3) is 0.667. The second-order valence-corrected chi connectivity index (χ2v) is 6.47. The van der Waals surface area contributed by atoms with Gasteiger partial charge in [-0.1, -0.05) is 11.3 Å². The zero-order chi connectivity index (χ0) is 14.3. The lowest BCUT2D eigenvalue weighted by Gasteiger charge is -2.04. The lowest BCUT2D eigenvalue weighted by atomic mass is 10.3. The number of amides is 1. The van der Waals surface area contributed by atoms with Gasteiger partial charge < -0.3 is 16.4 Å². The van der Waals surface area contributed by atoms with Gasteiger partial charge in [-0.3, -0.25) is 4.79 Å². The van der Waals surface area contributed by atoms with E-state index in [0.717, 1.165) is 18.6 Å². The summed E-state index contributed by atoms with van der Waals surface area (Å²) in [6.45, 7) is 4.72. The van der Waals surface area contributed by atoms with Crippen LogP contribution in [0, 0.1) is 0 Å². The molecule has 1 amide bonds. The van der Waals surface area contributed by atoms with Gasteiger partial charge in [0.25, 0.3) is 5.91 Å². The quantitative estimate of drug-likeness (QED) is 0.643. The molecule has 4 N–H and O–H groups in total. The van der Waals surface area contributed by atoms with Gasteiger partial charge in [-0.05, 0) is 38.7 Å². The Bertz CT molecular complexity index is 406. The number of nitrogens with two attached hydrogens (primary N) is 1. The fourth-order valence-corrected chi connectivity index (χ4v) is 2.90. The molecule has 0 unspecified atom stereocenters. The van der Waals surface area contributed by atoms with E-state index in [9.17, 15) is 4.79 Å². The van der Waals surface area contributed by atoms with Gasteiger partial charge in [-0.2, -0.15) is 11.8 Å². The number of nitrogens with one attached hydrogen (secondary N) is 2. The van der Waals surface area contributed by atoms with E-state index in [2.05, 4.69) is 21.9 Å². The van der Waals surface area contributed by atoms with E-state index >= 15 is 0 Å². The van der Waals surface area contributed by atoms with Crippen LogP contribution in [0.25, 0.3) is 0 Å². The molecule has 7 heteroatoms. The summed E-state index contributed by atoms with van der Waals surface area (Å²) >= 11 is 3.12. The smallest absolute Gasteiger partial charge is 0.265 e. The summed E-state index contributed by atoms with van der Waals surface area (Å²) in [7, 11) is 0. The lowest BCUT2D eigenvalue weighted by molar-refractivity contribution is 0.0958. The van der Waals surface area contributed by atoms with Gasteiger partial charge in [0.1, 0.15) is 10.7 Å². The van der Waals surface area contributed by atoms with E-state index in [1.165, 1.54) is 11.3 Å². The molecule has 0 saturated heterocycles. The highest BCUT2D eigenvalue weighted by molar-refractivity contribution is 7.98. The number of carbonyl (C=O) groups excluding carboxylic acids is 1. The van der Waals surface area contributed by atoms with Crippen molar-refractivity contribution in [1.82, 2.24) is 10.3 Å². The van der Waals surface area contributed by atoms with Gasteiger partial charge in [-0.25, -0.2) is 4.98 Å². The average molecular weight is 302 g/mol. The standard InChI is InChI=1S/C12H22N4OS2/c1-8(2)15-12-16-10(13)9(19-12)11(17)14-6-4-5-7-18-3/h8H,4-7,13H2,1-3H3,(H,14,17)(H,15,16). The van der Waals surface area contributed by atoms with Crippen molar-refractivity contribution in [3.05, 3.63) is 4.88 Å². The minimum absolute atomic E-state index is 0.129. The van der Waals surface area contributed by atoms with Crippen molar-refractivity contribution in [3.8, 4) is 0 Å². The fourth-order valence-electron chi connectivity index (χ4n) is 1.46. The molecule has 0 aliphatic rings. The average Bonchev–Trinajstić information content (AvgIpc) is 2.68. The predicted octanol–water partition coefficient (Wildman–Crippen LogP) is 2.42. The molecule has 1 rings (SSSR count). The van der Waals surface area contributed by atoms with Crippen LogP contribution in [0.3, 0.4) is 0 Å². The molecule has 1 aromatic rings. The molecule has 0 atom stereocenters. The highest BCUT2D eigenvalue weighted by atomic mass is 32.2. The lowest BCUT2D eigenvalue weighted by Crippen LogP contribution is -2.24. The van der Waals surface area contributed by atoms with Crippen molar-refractivity contribution >= 4 is 40.0 Å². The third-order valence-corrected chi connectivity index (χ3v) is 4.03. The summed E-state index contributed by atoms with van der Waals surface area (Å²) in [4.78, 5) is 16.6. The molecule has 0 bridgehead atoms. The van der Waals surface area contributed by atoms with Gasteiger partial charge >= 0.3 is 0 Å². The molecule has 5 nitrogen and oxygen atoms in total. The maximum atomic E-state index is 11.9. The summed E-state index contributed by atoms with van der Waals surface area (Å²) in [5, 5.41) is 6.72. The number of thiazole rings is 1. The molecule has 0 radical (unpaired) electrons. The molecular formula is C12H22N4OS2. The number of unbranched alkanes of at least 4 members (excludes halogenated alkanes) is 1. The molecular weight excluding hydrogens is 280 g/mol. The highest BCUT2D eigenvalue weighted by Gasteiger charge is 2.15. The van der Waals surface area contributed by atoms with Crippen LogP contribution in [-0.4, -0.2) is 35.5 Å². The van der Waals surface area contributed by atoms with E-state index in [0.29, 0.717) is 22.4 Å². The number of hydrogen-bond acceptors (Lipinski definition) is 6. The van der Waals surface area contributed by atoms with Gasteiger partial charge in [0.15, 0.2) is 5.13 Å². The molecule has 0 aliphatic carbocycles. The van der Waals surface area contributed by atoms with E-state index in [1.54, 1.807) is 0 Å². The Labute approximate surface area is 122 Å². The largest absolute Gasteiger partial charge is 0.382 e. The van der Waals surface area contributed by atoms with Gasteiger partial charge in [0.2, 0.25) is 0 Å². The van der Waals surface area contributed by atoms with E-state index in [1.807, 2.05) is 25.6 Å². The third-order valence-electron chi connectivity index (χ3n) is 2.33. The van der Waals surface area contributed by atoms with Crippen LogP contribution in [0.2, 0.25) is 0 Å². The number of nitrogens with zero attached hydrogens (tertiary/aromatic N) is 1. The first-order valence-corrected chi connectivity index (χ1v) is 8.55. The normalized spacial score (nSPS) is 10.7. The first-order valence-electron chi connectivity index (χ1n) is 6.34. The summed E-state index contributed by atoms with van der Waals surface area (Å²) < 4.78 is 0.